The van der Waals surface area contributed by atoms with E-state index in [-0.39, 0.29) is 11.9 Å². The Labute approximate surface area is 136 Å². The molecule has 0 spiro atoms. The number of para-hydroxylation sites is 1. The number of thioether (sulfide) groups is 1. The van der Waals surface area contributed by atoms with E-state index in [1.165, 1.54) is 24.6 Å². The van der Waals surface area contributed by atoms with E-state index in [1.54, 1.807) is 0 Å². The van der Waals surface area contributed by atoms with Gasteiger partial charge in [0.25, 0.3) is 0 Å². The van der Waals surface area contributed by atoms with Crippen molar-refractivity contribution in [3.8, 4) is 0 Å². The summed E-state index contributed by atoms with van der Waals surface area (Å²) in [6, 6.07) is 7.35. The zero-order valence-corrected chi connectivity index (χ0v) is 13.9. The van der Waals surface area contributed by atoms with Crippen LogP contribution in [0.5, 0.6) is 0 Å². The Morgan fingerprint density at radius 2 is 1.95 bits per heavy atom. The Hall–Kier alpha value is -1.69. The lowest BCUT2D eigenvalue weighted by Gasteiger charge is -2.11. The summed E-state index contributed by atoms with van der Waals surface area (Å²) in [7, 11) is 0. The predicted molar refractivity (Wildman–Crippen MR) is 92.1 cm³/mol. The highest BCUT2D eigenvalue weighted by molar-refractivity contribution is 7.99. The highest BCUT2D eigenvalue weighted by atomic mass is 32.2. The van der Waals surface area contributed by atoms with Gasteiger partial charge in [-0.3, -0.25) is 4.79 Å². The lowest BCUT2D eigenvalue weighted by molar-refractivity contribution is -0.117. The first-order valence-electron chi connectivity index (χ1n) is 7.68. The fourth-order valence-corrected chi connectivity index (χ4v) is 2.85. The molecule has 1 aromatic rings. The number of rotatable bonds is 10. The third kappa shape index (κ3) is 7.93. The molecular weight excluding hydrogens is 298 g/mol. The van der Waals surface area contributed by atoms with Crippen LogP contribution in [0.15, 0.2) is 29.2 Å². The first kappa shape index (κ1) is 18.4. The lowest BCUT2D eigenvalue weighted by Crippen LogP contribution is -2.29. The minimum Gasteiger partial charge on any atom is -0.370 e. The largest absolute Gasteiger partial charge is 0.370 e. The molecule has 0 unspecified atom stereocenters. The molecule has 1 aromatic carbocycles. The summed E-state index contributed by atoms with van der Waals surface area (Å²) >= 11 is 1.51. The van der Waals surface area contributed by atoms with Gasteiger partial charge in [-0.05, 0) is 18.6 Å². The number of primary amides is 1. The molecule has 0 fully saturated rings. The Morgan fingerprint density at radius 3 is 2.68 bits per heavy atom. The molecule has 6 heteroatoms. The van der Waals surface area contributed by atoms with E-state index in [1.807, 2.05) is 24.3 Å². The number of unbranched alkanes of at least 4 members (excludes halogenated alkanes) is 3. The van der Waals surface area contributed by atoms with E-state index in [9.17, 15) is 9.59 Å². The summed E-state index contributed by atoms with van der Waals surface area (Å²) in [4.78, 5) is 23.6. The van der Waals surface area contributed by atoms with Gasteiger partial charge in [0, 0.05) is 23.6 Å². The van der Waals surface area contributed by atoms with Gasteiger partial charge < -0.3 is 16.4 Å². The van der Waals surface area contributed by atoms with Crippen LogP contribution < -0.4 is 16.4 Å². The maximum atomic E-state index is 11.9. The van der Waals surface area contributed by atoms with Gasteiger partial charge in [0.2, 0.25) is 5.91 Å². The van der Waals surface area contributed by atoms with Crippen LogP contribution >= 0.6 is 11.8 Å². The molecule has 0 aliphatic rings. The van der Waals surface area contributed by atoms with Crippen molar-refractivity contribution in [1.82, 2.24) is 5.32 Å². The zero-order chi connectivity index (χ0) is 16.2. The van der Waals surface area contributed by atoms with Crippen LogP contribution in [-0.2, 0) is 4.79 Å². The Balaban J connectivity index is 2.40. The SMILES string of the molecule is CCCCCCNC(=O)Nc1ccccc1SCCC(N)=O. The lowest BCUT2D eigenvalue weighted by atomic mass is 10.2. The second-order valence-electron chi connectivity index (χ2n) is 5.00. The van der Waals surface area contributed by atoms with Crippen molar-refractivity contribution in [3.63, 3.8) is 0 Å². The number of carbonyl (C=O) groups is 2. The van der Waals surface area contributed by atoms with Gasteiger partial charge in [-0.1, -0.05) is 38.3 Å². The van der Waals surface area contributed by atoms with Gasteiger partial charge in [0.1, 0.15) is 0 Å². The molecule has 22 heavy (non-hydrogen) atoms. The molecule has 0 atom stereocenters. The van der Waals surface area contributed by atoms with Crippen molar-refractivity contribution in [2.24, 2.45) is 5.73 Å². The first-order valence-corrected chi connectivity index (χ1v) is 8.67. The highest BCUT2D eigenvalue weighted by Crippen LogP contribution is 2.27. The van der Waals surface area contributed by atoms with Crippen LogP contribution in [0.1, 0.15) is 39.0 Å². The highest BCUT2D eigenvalue weighted by Gasteiger charge is 2.07. The van der Waals surface area contributed by atoms with Gasteiger partial charge in [-0.15, -0.1) is 11.8 Å². The summed E-state index contributed by atoms with van der Waals surface area (Å²) in [5, 5.41) is 5.71. The van der Waals surface area contributed by atoms with E-state index in [2.05, 4.69) is 17.6 Å². The number of carbonyl (C=O) groups excluding carboxylic acids is 2. The third-order valence-corrected chi connectivity index (χ3v) is 4.13. The summed E-state index contributed by atoms with van der Waals surface area (Å²) in [5.41, 5.74) is 5.89. The van der Waals surface area contributed by atoms with Crippen molar-refractivity contribution in [2.75, 3.05) is 17.6 Å². The van der Waals surface area contributed by atoms with Crippen molar-refractivity contribution in [3.05, 3.63) is 24.3 Å². The number of hydrogen-bond donors (Lipinski definition) is 3. The molecule has 0 saturated carbocycles. The topological polar surface area (TPSA) is 84.2 Å². The van der Waals surface area contributed by atoms with Crippen LogP contribution in [0.2, 0.25) is 0 Å². The van der Waals surface area contributed by atoms with E-state index < -0.39 is 0 Å². The van der Waals surface area contributed by atoms with Crippen LogP contribution in [0, 0.1) is 0 Å². The molecule has 0 radical (unpaired) electrons. The predicted octanol–water partition coefficient (Wildman–Crippen LogP) is 3.36. The molecule has 0 aliphatic carbocycles. The summed E-state index contributed by atoms with van der Waals surface area (Å²) < 4.78 is 0. The van der Waals surface area contributed by atoms with Crippen molar-refractivity contribution >= 4 is 29.4 Å². The maximum Gasteiger partial charge on any atom is 0.319 e. The molecule has 5 nitrogen and oxygen atoms in total. The Bertz CT molecular complexity index is 480. The average Bonchev–Trinajstić information content (AvgIpc) is 2.48. The minimum atomic E-state index is -0.317. The molecular formula is C16H25N3O2S. The zero-order valence-electron chi connectivity index (χ0n) is 13.1. The molecule has 0 bridgehead atoms. The monoisotopic (exact) mass is 323 g/mol. The summed E-state index contributed by atoms with van der Waals surface area (Å²) in [6.45, 7) is 2.84. The van der Waals surface area contributed by atoms with E-state index in [0.717, 1.165) is 23.4 Å². The molecule has 3 amide bonds. The third-order valence-electron chi connectivity index (χ3n) is 3.06. The second kappa shape index (κ2) is 11.0. The van der Waals surface area contributed by atoms with E-state index in [0.29, 0.717) is 18.7 Å². The molecule has 4 N–H and O–H groups in total. The van der Waals surface area contributed by atoms with E-state index >= 15 is 0 Å². The second-order valence-corrected chi connectivity index (χ2v) is 6.14. The fraction of sp³-hybridized carbons (Fsp3) is 0.500. The van der Waals surface area contributed by atoms with E-state index in [4.69, 9.17) is 5.73 Å². The molecule has 0 saturated heterocycles. The van der Waals surface area contributed by atoms with Crippen LogP contribution in [-0.4, -0.2) is 24.2 Å². The number of amides is 3. The normalized spacial score (nSPS) is 10.2. The summed E-state index contributed by atoms with van der Waals surface area (Å²) in [5.74, 6) is 0.287. The number of hydrogen-bond acceptors (Lipinski definition) is 3. The number of nitrogens with two attached hydrogens (primary N) is 1. The van der Waals surface area contributed by atoms with Crippen LogP contribution in [0.3, 0.4) is 0 Å². The number of nitrogens with one attached hydrogen (secondary N) is 2. The number of benzene rings is 1. The molecule has 0 aromatic heterocycles. The van der Waals surface area contributed by atoms with Crippen molar-refractivity contribution in [1.29, 1.82) is 0 Å². The molecule has 0 heterocycles. The first-order chi connectivity index (χ1) is 10.6. The fourth-order valence-electron chi connectivity index (χ4n) is 1.88. The van der Waals surface area contributed by atoms with Gasteiger partial charge in [-0.2, -0.15) is 0 Å². The van der Waals surface area contributed by atoms with Crippen molar-refractivity contribution < 1.29 is 9.59 Å². The quantitative estimate of drug-likeness (QED) is 0.456. The maximum absolute atomic E-state index is 11.9. The smallest absolute Gasteiger partial charge is 0.319 e. The minimum absolute atomic E-state index is 0.195. The number of urea groups is 1. The Kier molecular flexibility index (Phi) is 9.14. The summed E-state index contributed by atoms with van der Waals surface area (Å²) in [6.07, 6.45) is 4.83. The average molecular weight is 323 g/mol. The van der Waals surface area contributed by atoms with Gasteiger partial charge in [0.15, 0.2) is 0 Å². The van der Waals surface area contributed by atoms with Crippen LogP contribution in [0.4, 0.5) is 10.5 Å². The van der Waals surface area contributed by atoms with Gasteiger partial charge in [-0.25, -0.2) is 4.79 Å². The van der Waals surface area contributed by atoms with Gasteiger partial charge >= 0.3 is 6.03 Å². The van der Waals surface area contributed by atoms with Crippen LogP contribution in [0.25, 0.3) is 0 Å². The standard InChI is InChI=1S/C16H25N3O2S/c1-2-3-4-7-11-18-16(21)19-13-8-5-6-9-14(13)22-12-10-15(17)20/h5-6,8-9H,2-4,7,10-12H2,1H3,(H2,17,20)(H2,18,19,21). The van der Waals surface area contributed by atoms with Crippen molar-refractivity contribution in [2.45, 2.75) is 43.9 Å². The molecule has 1 rings (SSSR count). The van der Waals surface area contributed by atoms with Gasteiger partial charge in [0.05, 0.1) is 5.69 Å². The Morgan fingerprint density at radius 1 is 1.18 bits per heavy atom. The molecule has 122 valence electrons. The number of anilines is 1. The molecule has 0 aliphatic heterocycles.